The molecule has 2 N–H and O–H groups in total. The smallest absolute Gasteiger partial charge is 0.269 e. The fourth-order valence-corrected chi connectivity index (χ4v) is 3.55. The number of hydrogen-bond acceptors (Lipinski definition) is 9. The van der Waals surface area contributed by atoms with Crippen LogP contribution in [0.4, 0.5) is 16.5 Å². The summed E-state index contributed by atoms with van der Waals surface area (Å²) in [7, 11) is 0. The van der Waals surface area contributed by atoms with Crippen LogP contribution in [0.3, 0.4) is 0 Å². The summed E-state index contributed by atoms with van der Waals surface area (Å²) < 4.78 is 0. The van der Waals surface area contributed by atoms with Crippen molar-refractivity contribution in [1.29, 1.82) is 0 Å². The topological polar surface area (TPSA) is 144 Å². The van der Waals surface area contributed by atoms with Crippen LogP contribution in [0.1, 0.15) is 15.4 Å². The molecule has 2 aromatic carbocycles. The molecule has 4 rings (SSSR count). The molecule has 1 aliphatic carbocycles. The number of ketones is 2. The molecule has 0 atom stereocenters. The third-order valence-electron chi connectivity index (χ3n) is 4.35. The van der Waals surface area contributed by atoms with Gasteiger partial charge in [0.1, 0.15) is 0 Å². The monoisotopic (exact) mass is 447 g/mol. The second kappa shape index (κ2) is 8.70. The molecular weight excluding hydrogens is 434 g/mol. The largest absolute Gasteiger partial charge is 0.352 e. The Balaban J connectivity index is 1.46. The van der Waals surface area contributed by atoms with Gasteiger partial charge in [-0.1, -0.05) is 29.5 Å². The van der Waals surface area contributed by atoms with Gasteiger partial charge in [0.25, 0.3) is 11.6 Å². The Morgan fingerprint density at radius 2 is 1.66 bits per heavy atom. The van der Waals surface area contributed by atoms with Crippen molar-refractivity contribution in [2.45, 2.75) is 0 Å². The van der Waals surface area contributed by atoms with Gasteiger partial charge in [-0.25, -0.2) is 0 Å². The summed E-state index contributed by atoms with van der Waals surface area (Å²) in [5, 5.41) is 24.3. The van der Waals surface area contributed by atoms with E-state index in [9.17, 15) is 24.5 Å². The Morgan fingerprint density at radius 1 is 0.938 bits per heavy atom. The highest BCUT2D eigenvalue weighted by Gasteiger charge is 2.25. The lowest BCUT2D eigenvalue weighted by atomic mass is 10.0. The van der Waals surface area contributed by atoms with Crippen molar-refractivity contribution in [3.63, 3.8) is 0 Å². The maximum atomic E-state index is 12.6. The zero-order valence-corrected chi connectivity index (χ0v) is 17.0. The van der Waals surface area contributed by atoms with E-state index in [0.29, 0.717) is 11.3 Å². The number of allylic oxidation sites excluding steroid dienone is 3. The molecule has 0 aliphatic heterocycles. The minimum atomic E-state index is -0.536. The molecule has 0 bridgehead atoms. The van der Waals surface area contributed by atoms with Crippen LogP contribution in [0.2, 0.25) is 0 Å². The molecular formula is C21H13N5O5S. The van der Waals surface area contributed by atoms with Crippen LogP contribution in [0.5, 0.6) is 0 Å². The van der Waals surface area contributed by atoms with E-state index in [4.69, 9.17) is 0 Å². The van der Waals surface area contributed by atoms with Gasteiger partial charge in [-0.3, -0.25) is 29.8 Å². The number of nitro groups is 1. The zero-order chi connectivity index (χ0) is 22.7. The first-order valence-electron chi connectivity index (χ1n) is 9.14. The maximum Gasteiger partial charge on any atom is 0.269 e. The summed E-state index contributed by atoms with van der Waals surface area (Å²) in [6, 6.07) is 14.0. The number of nitrogens with one attached hydrogen (secondary N) is 2. The van der Waals surface area contributed by atoms with E-state index >= 15 is 0 Å². The average Bonchev–Trinajstić information content (AvgIpc) is 3.25. The van der Waals surface area contributed by atoms with Crippen molar-refractivity contribution >= 4 is 50.9 Å². The van der Waals surface area contributed by atoms with E-state index in [1.165, 1.54) is 24.3 Å². The van der Waals surface area contributed by atoms with Crippen LogP contribution < -0.4 is 10.6 Å². The van der Waals surface area contributed by atoms with Gasteiger partial charge in [-0.2, -0.15) is 0 Å². The number of anilines is 2. The fraction of sp³-hybridized carbons (Fsp3) is 0. The Morgan fingerprint density at radius 3 is 2.34 bits per heavy atom. The molecule has 1 aliphatic rings. The molecule has 0 saturated heterocycles. The van der Waals surface area contributed by atoms with Crippen molar-refractivity contribution in [2.75, 3.05) is 10.6 Å². The average molecular weight is 447 g/mol. The van der Waals surface area contributed by atoms with Crippen LogP contribution in [-0.4, -0.2) is 32.6 Å². The quantitative estimate of drug-likeness (QED) is 0.333. The maximum absolute atomic E-state index is 12.6. The van der Waals surface area contributed by atoms with Gasteiger partial charge in [-0.15, -0.1) is 10.2 Å². The summed E-state index contributed by atoms with van der Waals surface area (Å²) in [6.45, 7) is 0. The molecule has 1 amide bonds. The summed E-state index contributed by atoms with van der Waals surface area (Å²) in [6.07, 6.45) is 2.27. The van der Waals surface area contributed by atoms with Crippen molar-refractivity contribution < 1.29 is 19.3 Å². The highest BCUT2D eigenvalue weighted by molar-refractivity contribution is 7.16. The molecule has 158 valence electrons. The summed E-state index contributed by atoms with van der Waals surface area (Å²) in [5.41, 5.74) is 0.847. The minimum absolute atomic E-state index is 0.0229. The van der Waals surface area contributed by atoms with Gasteiger partial charge in [-0.05, 0) is 24.3 Å². The van der Waals surface area contributed by atoms with Crippen LogP contribution in [0, 0.1) is 10.1 Å². The molecule has 0 radical (unpaired) electrons. The number of nitro benzene ring substituents is 1. The van der Waals surface area contributed by atoms with Crippen LogP contribution in [0.25, 0.3) is 5.57 Å². The van der Waals surface area contributed by atoms with Crippen LogP contribution in [-0.2, 0) is 9.59 Å². The van der Waals surface area contributed by atoms with E-state index in [0.717, 1.165) is 23.5 Å². The number of amides is 1. The third-order valence-corrected chi connectivity index (χ3v) is 5.22. The molecule has 0 spiro atoms. The lowest BCUT2D eigenvalue weighted by Gasteiger charge is -2.12. The molecule has 1 heterocycles. The summed E-state index contributed by atoms with van der Waals surface area (Å²) in [4.78, 5) is 47.5. The predicted molar refractivity (Wildman–Crippen MR) is 117 cm³/mol. The normalized spacial score (nSPS) is 13.2. The molecule has 32 heavy (non-hydrogen) atoms. The molecule has 3 aromatic rings. The Kier molecular flexibility index (Phi) is 5.64. The summed E-state index contributed by atoms with van der Waals surface area (Å²) in [5.74, 6) is -1.31. The molecule has 10 nitrogen and oxygen atoms in total. The number of rotatable bonds is 6. The Hall–Kier alpha value is -4.51. The highest BCUT2D eigenvalue weighted by Crippen LogP contribution is 2.28. The zero-order valence-electron chi connectivity index (χ0n) is 16.1. The lowest BCUT2D eigenvalue weighted by Crippen LogP contribution is -2.17. The van der Waals surface area contributed by atoms with Gasteiger partial charge in [0.05, 0.1) is 16.2 Å². The highest BCUT2D eigenvalue weighted by atomic mass is 32.1. The second-order valence-electron chi connectivity index (χ2n) is 6.51. The number of carbonyl (C=O) groups is 3. The van der Waals surface area contributed by atoms with Gasteiger partial charge >= 0.3 is 0 Å². The van der Waals surface area contributed by atoms with E-state index < -0.39 is 16.5 Å². The number of aromatic nitrogens is 2. The number of nitrogens with zero attached hydrogens (tertiary/aromatic N) is 3. The predicted octanol–water partition coefficient (Wildman–Crippen LogP) is 3.23. The van der Waals surface area contributed by atoms with Gasteiger partial charge in [0, 0.05) is 35.5 Å². The molecule has 0 saturated carbocycles. The van der Waals surface area contributed by atoms with E-state index in [-0.39, 0.29) is 33.0 Å². The molecule has 11 heteroatoms. The molecule has 0 fully saturated rings. The van der Waals surface area contributed by atoms with E-state index in [2.05, 4.69) is 20.8 Å². The standard InChI is InChI=1S/C21H13N5O5S/c27-17-11-16(22-13-6-8-14(9-7-13)26(30)31)18(28)10-15(17)20-24-25-21(32-20)23-19(29)12-4-2-1-3-5-12/h1-11,22H,(H,23,25,29). The van der Waals surface area contributed by atoms with Crippen molar-refractivity contribution in [2.24, 2.45) is 0 Å². The Bertz CT molecular complexity index is 1300. The van der Waals surface area contributed by atoms with Gasteiger partial charge < -0.3 is 5.32 Å². The number of benzene rings is 2. The summed E-state index contributed by atoms with van der Waals surface area (Å²) >= 11 is 0.969. The van der Waals surface area contributed by atoms with E-state index in [1.54, 1.807) is 30.3 Å². The van der Waals surface area contributed by atoms with E-state index in [1.807, 2.05) is 0 Å². The van der Waals surface area contributed by atoms with Crippen LogP contribution >= 0.6 is 11.3 Å². The third kappa shape index (κ3) is 4.47. The van der Waals surface area contributed by atoms with Crippen LogP contribution in [0.15, 0.2) is 72.4 Å². The van der Waals surface area contributed by atoms with Gasteiger partial charge in [0.15, 0.2) is 10.8 Å². The molecule has 1 aromatic heterocycles. The van der Waals surface area contributed by atoms with Crippen molar-refractivity contribution in [3.8, 4) is 0 Å². The van der Waals surface area contributed by atoms with Crippen molar-refractivity contribution in [3.05, 3.63) is 93.1 Å². The Labute approximate surface area is 184 Å². The number of carbonyl (C=O) groups excluding carboxylic acids is 3. The van der Waals surface area contributed by atoms with Gasteiger partial charge in [0.2, 0.25) is 10.9 Å². The first-order valence-corrected chi connectivity index (χ1v) is 9.96. The first-order chi connectivity index (χ1) is 15.4. The SMILES string of the molecule is O=C1C=C(c2nnc(NC(=O)c3ccccc3)s2)C(=O)C=C1Nc1ccc([N+](=O)[O-])cc1. The minimum Gasteiger partial charge on any atom is -0.352 e. The van der Waals surface area contributed by atoms with Crippen molar-refractivity contribution in [1.82, 2.24) is 10.2 Å². The number of non-ortho nitro benzene ring substituents is 1. The molecule has 0 unspecified atom stereocenters. The second-order valence-corrected chi connectivity index (χ2v) is 7.48. The fourth-order valence-electron chi connectivity index (χ4n) is 2.79. The first kappa shape index (κ1) is 20.8. The number of hydrogen-bond donors (Lipinski definition) is 2. The lowest BCUT2D eigenvalue weighted by molar-refractivity contribution is -0.384.